The molecule has 0 aliphatic heterocycles. The zero-order chi connectivity index (χ0) is 16.2. The molecule has 0 saturated carbocycles. The highest BCUT2D eigenvalue weighted by Gasteiger charge is 2.37. The number of methoxy groups -OCH3 is 1. The molecule has 1 aromatic rings. The third-order valence-corrected chi connectivity index (χ3v) is 2.45. The SMILES string of the molecule is CCOC(=O)Cc1nc(OC)c(C(F)F)cc1C(F)(F)F. The number of esters is 1. The highest BCUT2D eigenvalue weighted by Crippen LogP contribution is 2.37. The van der Waals surface area contributed by atoms with Crippen molar-refractivity contribution in [2.75, 3.05) is 13.7 Å². The molecule has 0 atom stereocenters. The standard InChI is InChI=1S/C12H12F5NO3/c1-3-21-9(19)5-8-7(12(15,16)17)4-6(10(13)14)11(18-8)20-2/h4,10H,3,5H2,1-2H3. The quantitative estimate of drug-likeness (QED) is 0.619. The van der Waals surface area contributed by atoms with Crippen molar-refractivity contribution in [3.8, 4) is 5.88 Å². The molecule has 9 heteroatoms. The first-order valence-corrected chi connectivity index (χ1v) is 5.79. The van der Waals surface area contributed by atoms with Crippen LogP contribution in [0.5, 0.6) is 5.88 Å². The van der Waals surface area contributed by atoms with E-state index in [1.807, 2.05) is 0 Å². The van der Waals surface area contributed by atoms with E-state index in [-0.39, 0.29) is 12.7 Å². The molecule has 1 heterocycles. The maximum absolute atomic E-state index is 12.9. The van der Waals surface area contributed by atoms with Crippen molar-refractivity contribution in [2.24, 2.45) is 0 Å². The number of aromatic nitrogens is 1. The van der Waals surface area contributed by atoms with Crippen LogP contribution in [-0.4, -0.2) is 24.7 Å². The van der Waals surface area contributed by atoms with Gasteiger partial charge in [0, 0.05) is 0 Å². The van der Waals surface area contributed by atoms with Gasteiger partial charge in [-0.2, -0.15) is 13.2 Å². The average Bonchev–Trinajstić information content (AvgIpc) is 2.36. The summed E-state index contributed by atoms with van der Waals surface area (Å²) >= 11 is 0. The molecule has 4 nitrogen and oxygen atoms in total. The van der Waals surface area contributed by atoms with Gasteiger partial charge in [0.2, 0.25) is 5.88 Å². The van der Waals surface area contributed by atoms with Gasteiger partial charge in [-0.05, 0) is 13.0 Å². The van der Waals surface area contributed by atoms with Gasteiger partial charge in [-0.25, -0.2) is 13.8 Å². The van der Waals surface area contributed by atoms with Crippen molar-refractivity contribution in [3.63, 3.8) is 0 Å². The topological polar surface area (TPSA) is 48.4 Å². The fourth-order valence-corrected chi connectivity index (χ4v) is 1.60. The molecule has 0 unspecified atom stereocenters. The van der Waals surface area contributed by atoms with Gasteiger partial charge in [0.05, 0.1) is 37.0 Å². The van der Waals surface area contributed by atoms with E-state index >= 15 is 0 Å². The number of hydrogen-bond acceptors (Lipinski definition) is 4. The number of carbonyl (C=O) groups is 1. The van der Waals surface area contributed by atoms with E-state index in [1.54, 1.807) is 0 Å². The van der Waals surface area contributed by atoms with Crippen LogP contribution in [0.1, 0.15) is 30.2 Å². The van der Waals surface area contributed by atoms with Crippen LogP contribution in [0.25, 0.3) is 0 Å². The van der Waals surface area contributed by atoms with Gasteiger partial charge in [-0.3, -0.25) is 4.79 Å². The molecule has 0 radical (unpaired) electrons. The molecular weight excluding hydrogens is 301 g/mol. The number of pyridine rings is 1. The van der Waals surface area contributed by atoms with Crippen molar-refractivity contribution < 1.29 is 36.2 Å². The minimum atomic E-state index is -4.93. The number of hydrogen-bond donors (Lipinski definition) is 0. The highest BCUT2D eigenvalue weighted by atomic mass is 19.4. The summed E-state index contributed by atoms with van der Waals surface area (Å²) in [5.74, 6) is -1.60. The number of carbonyl (C=O) groups excluding carboxylic acids is 1. The molecule has 0 fully saturated rings. The van der Waals surface area contributed by atoms with Crippen molar-refractivity contribution in [1.82, 2.24) is 4.98 Å². The fraction of sp³-hybridized carbons (Fsp3) is 0.500. The Morgan fingerprint density at radius 2 is 2.00 bits per heavy atom. The summed E-state index contributed by atoms with van der Waals surface area (Å²) in [7, 11) is 0.996. The summed E-state index contributed by atoms with van der Waals surface area (Å²) in [5.41, 5.74) is -3.12. The lowest BCUT2D eigenvalue weighted by Crippen LogP contribution is -2.17. The van der Waals surface area contributed by atoms with Crippen LogP contribution in [0, 0.1) is 0 Å². The van der Waals surface area contributed by atoms with Crippen LogP contribution in [0.4, 0.5) is 22.0 Å². The zero-order valence-electron chi connectivity index (χ0n) is 11.1. The fourth-order valence-electron chi connectivity index (χ4n) is 1.60. The molecule has 0 aromatic carbocycles. The molecule has 0 aliphatic carbocycles. The lowest BCUT2D eigenvalue weighted by atomic mass is 10.1. The van der Waals surface area contributed by atoms with E-state index in [9.17, 15) is 26.7 Å². The van der Waals surface area contributed by atoms with E-state index in [0.717, 1.165) is 7.11 Å². The van der Waals surface area contributed by atoms with Crippen LogP contribution in [0.3, 0.4) is 0 Å². The minimum absolute atomic E-state index is 0.0214. The first-order valence-electron chi connectivity index (χ1n) is 5.79. The second-order valence-electron chi connectivity index (χ2n) is 3.86. The maximum atomic E-state index is 12.9. The highest BCUT2D eigenvalue weighted by molar-refractivity contribution is 5.72. The van der Waals surface area contributed by atoms with Gasteiger partial charge in [0.1, 0.15) is 0 Å². The predicted molar refractivity (Wildman–Crippen MR) is 61.1 cm³/mol. The summed E-state index contributed by atoms with van der Waals surface area (Å²) in [4.78, 5) is 14.7. The number of alkyl halides is 5. The van der Waals surface area contributed by atoms with Crippen LogP contribution in [0.15, 0.2) is 6.07 Å². The van der Waals surface area contributed by atoms with Crippen LogP contribution < -0.4 is 4.74 Å². The summed E-state index contributed by atoms with van der Waals surface area (Å²) in [6.45, 7) is 1.46. The summed E-state index contributed by atoms with van der Waals surface area (Å²) in [5, 5.41) is 0. The Hall–Kier alpha value is -1.93. The Labute approximate surface area is 116 Å². The molecule has 0 aliphatic rings. The predicted octanol–water partition coefficient (Wildman–Crippen LogP) is 3.15. The second kappa shape index (κ2) is 6.68. The number of halogens is 5. The van der Waals surface area contributed by atoms with E-state index in [4.69, 9.17) is 0 Å². The number of nitrogens with zero attached hydrogens (tertiary/aromatic N) is 1. The first kappa shape index (κ1) is 17.1. The largest absolute Gasteiger partial charge is 0.481 e. The Morgan fingerprint density at radius 1 is 1.38 bits per heavy atom. The second-order valence-corrected chi connectivity index (χ2v) is 3.86. The number of ether oxygens (including phenoxy) is 2. The molecule has 1 rings (SSSR count). The van der Waals surface area contributed by atoms with Gasteiger partial charge in [0.25, 0.3) is 6.43 Å². The van der Waals surface area contributed by atoms with E-state index in [2.05, 4.69) is 14.5 Å². The van der Waals surface area contributed by atoms with Gasteiger partial charge in [-0.15, -0.1) is 0 Å². The maximum Gasteiger partial charge on any atom is 0.418 e. The third kappa shape index (κ3) is 4.27. The molecule has 0 bridgehead atoms. The summed E-state index contributed by atoms with van der Waals surface area (Å²) < 4.78 is 73.2. The molecular formula is C12H12F5NO3. The van der Waals surface area contributed by atoms with Crippen LogP contribution in [-0.2, 0) is 22.1 Å². The van der Waals surface area contributed by atoms with Crippen molar-refractivity contribution in [2.45, 2.75) is 25.9 Å². The Kier molecular flexibility index (Phi) is 5.45. The normalized spacial score (nSPS) is 11.6. The van der Waals surface area contributed by atoms with E-state index in [1.165, 1.54) is 6.92 Å². The number of rotatable bonds is 5. The molecule has 0 N–H and O–H groups in total. The lowest BCUT2D eigenvalue weighted by molar-refractivity contribution is -0.143. The van der Waals surface area contributed by atoms with E-state index in [0.29, 0.717) is 0 Å². The Bertz CT molecular complexity index is 516. The molecule has 0 saturated heterocycles. The molecule has 1 aromatic heterocycles. The summed E-state index contributed by atoms with van der Waals surface area (Å²) in [6.07, 6.45) is -8.90. The van der Waals surface area contributed by atoms with Crippen molar-refractivity contribution in [3.05, 3.63) is 22.9 Å². The van der Waals surface area contributed by atoms with E-state index < -0.39 is 47.7 Å². The third-order valence-electron chi connectivity index (χ3n) is 2.45. The monoisotopic (exact) mass is 313 g/mol. The van der Waals surface area contributed by atoms with Crippen LogP contribution >= 0.6 is 0 Å². The minimum Gasteiger partial charge on any atom is -0.481 e. The Morgan fingerprint density at radius 3 is 2.43 bits per heavy atom. The van der Waals surface area contributed by atoms with Gasteiger partial charge in [0.15, 0.2) is 0 Å². The smallest absolute Gasteiger partial charge is 0.418 e. The molecule has 0 amide bonds. The zero-order valence-corrected chi connectivity index (χ0v) is 11.1. The average molecular weight is 313 g/mol. The van der Waals surface area contributed by atoms with Gasteiger partial charge >= 0.3 is 12.1 Å². The van der Waals surface area contributed by atoms with Crippen molar-refractivity contribution in [1.29, 1.82) is 0 Å². The molecule has 0 spiro atoms. The van der Waals surface area contributed by atoms with Gasteiger partial charge < -0.3 is 9.47 Å². The molecule has 118 valence electrons. The summed E-state index contributed by atoms with van der Waals surface area (Å²) in [6, 6.07) is 0.241. The molecule has 21 heavy (non-hydrogen) atoms. The van der Waals surface area contributed by atoms with Crippen molar-refractivity contribution >= 4 is 5.97 Å². The van der Waals surface area contributed by atoms with Gasteiger partial charge in [-0.1, -0.05) is 0 Å². The Balaban J connectivity index is 3.36. The van der Waals surface area contributed by atoms with Crippen LogP contribution in [0.2, 0.25) is 0 Å². The first-order chi connectivity index (χ1) is 9.70. The lowest BCUT2D eigenvalue weighted by Gasteiger charge is -2.15.